The topological polar surface area (TPSA) is 59.4 Å². The predicted molar refractivity (Wildman–Crippen MR) is 127 cm³/mol. The third kappa shape index (κ3) is 3.66. The molecule has 6 heteroatoms. The number of piperidine rings is 1. The van der Waals surface area contributed by atoms with Crippen molar-refractivity contribution in [1.29, 1.82) is 0 Å². The molecule has 1 amide bonds. The number of carbonyl (C=O) groups is 1. The number of benzene rings is 2. The summed E-state index contributed by atoms with van der Waals surface area (Å²) < 4.78 is 7.58. The predicted octanol–water partition coefficient (Wildman–Crippen LogP) is 4.85. The molecule has 3 atom stereocenters. The fourth-order valence-corrected chi connectivity index (χ4v) is 5.47. The van der Waals surface area contributed by atoms with Crippen molar-refractivity contribution in [2.45, 2.75) is 64.1 Å². The van der Waals surface area contributed by atoms with E-state index in [-0.39, 0.29) is 12.1 Å². The molecule has 1 aromatic heterocycles. The number of carbonyl (C=O) groups excluding carboxylic acids is 1. The van der Waals surface area contributed by atoms with E-state index in [1.165, 1.54) is 23.8 Å². The number of hydrogen-bond donors (Lipinski definition) is 1. The number of aryl methyl sites for hydroxylation is 1. The van der Waals surface area contributed by atoms with E-state index in [9.17, 15) is 4.79 Å². The standard InChI is InChI=1S/C26H32N4O2/c1-17-15-20(13-14-27-17)30-23-12-11-22-21(10-9-18(2)29(22)26(31)32-3)25(23)28-24(30)16-19-7-5-4-6-8-19/h4-8,11-12,17-18,20,27H,9-10,13-16H2,1-3H3/t17-,18+,20?/m1/s1. The van der Waals surface area contributed by atoms with Crippen LogP contribution in [0.4, 0.5) is 10.5 Å². The van der Waals surface area contributed by atoms with Crippen molar-refractivity contribution >= 4 is 22.8 Å². The molecule has 2 aliphatic heterocycles. The van der Waals surface area contributed by atoms with Crippen LogP contribution in [0, 0.1) is 0 Å². The monoisotopic (exact) mass is 432 g/mol. The molecular formula is C26H32N4O2. The SMILES string of the molecule is COC(=O)N1c2ccc3c(nc(Cc4ccccc4)n3C3CCN[C@H](C)C3)c2CC[C@@H]1C. The Kier molecular flexibility index (Phi) is 5.64. The maximum Gasteiger partial charge on any atom is 0.414 e. The highest BCUT2D eigenvalue weighted by molar-refractivity contribution is 5.95. The minimum Gasteiger partial charge on any atom is -0.452 e. The summed E-state index contributed by atoms with van der Waals surface area (Å²) in [6, 6.07) is 15.9. The molecule has 2 aromatic carbocycles. The smallest absolute Gasteiger partial charge is 0.414 e. The first-order valence-corrected chi connectivity index (χ1v) is 11.7. The third-order valence-corrected chi connectivity index (χ3v) is 7.07. The minimum absolute atomic E-state index is 0.114. The molecule has 0 saturated carbocycles. The molecule has 1 saturated heterocycles. The third-order valence-electron chi connectivity index (χ3n) is 7.07. The molecule has 168 valence electrons. The second-order valence-electron chi connectivity index (χ2n) is 9.25. The van der Waals surface area contributed by atoms with E-state index in [1.54, 1.807) is 4.90 Å². The van der Waals surface area contributed by atoms with Crippen molar-refractivity contribution in [2.24, 2.45) is 0 Å². The Balaban J connectivity index is 1.66. The molecule has 3 heterocycles. The van der Waals surface area contributed by atoms with Gasteiger partial charge in [-0.3, -0.25) is 4.90 Å². The number of nitrogens with one attached hydrogen (secondary N) is 1. The molecule has 1 N–H and O–H groups in total. The summed E-state index contributed by atoms with van der Waals surface area (Å²) in [5.41, 5.74) is 5.61. The molecule has 5 rings (SSSR count). The van der Waals surface area contributed by atoms with Crippen LogP contribution in [-0.4, -0.2) is 41.4 Å². The maximum absolute atomic E-state index is 12.5. The van der Waals surface area contributed by atoms with Crippen LogP contribution in [0.1, 0.15) is 56.1 Å². The average Bonchev–Trinajstić information content (AvgIpc) is 3.17. The van der Waals surface area contributed by atoms with Crippen molar-refractivity contribution in [3.8, 4) is 0 Å². The van der Waals surface area contributed by atoms with Crippen LogP contribution in [0.15, 0.2) is 42.5 Å². The molecule has 6 nitrogen and oxygen atoms in total. The number of nitrogens with zero attached hydrogens (tertiary/aromatic N) is 3. The number of imidazole rings is 1. The quantitative estimate of drug-likeness (QED) is 0.643. The molecule has 0 radical (unpaired) electrons. The summed E-state index contributed by atoms with van der Waals surface area (Å²) >= 11 is 0. The number of methoxy groups -OCH3 is 1. The van der Waals surface area contributed by atoms with E-state index in [1.807, 2.05) is 0 Å². The van der Waals surface area contributed by atoms with E-state index in [2.05, 4.69) is 66.2 Å². The summed E-state index contributed by atoms with van der Waals surface area (Å²) in [6.07, 6.45) is 4.53. The van der Waals surface area contributed by atoms with Crippen LogP contribution >= 0.6 is 0 Å². The number of anilines is 1. The normalized spacial score (nSPS) is 23.2. The lowest BCUT2D eigenvalue weighted by atomic mass is 9.95. The van der Waals surface area contributed by atoms with Gasteiger partial charge < -0.3 is 14.6 Å². The Hall–Kier alpha value is -2.86. The summed E-state index contributed by atoms with van der Waals surface area (Å²) in [5, 5.41) is 3.58. The van der Waals surface area contributed by atoms with Gasteiger partial charge in [-0.05, 0) is 63.8 Å². The van der Waals surface area contributed by atoms with Crippen molar-refractivity contribution in [3.63, 3.8) is 0 Å². The summed E-state index contributed by atoms with van der Waals surface area (Å²) in [6.45, 7) is 5.37. The molecule has 1 fully saturated rings. The molecule has 0 spiro atoms. The van der Waals surface area contributed by atoms with Gasteiger partial charge in [0, 0.05) is 30.1 Å². The van der Waals surface area contributed by atoms with Gasteiger partial charge in [0.05, 0.1) is 23.8 Å². The zero-order valence-electron chi connectivity index (χ0n) is 19.2. The van der Waals surface area contributed by atoms with Crippen LogP contribution in [0.2, 0.25) is 0 Å². The number of aromatic nitrogens is 2. The van der Waals surface area contributed by atoms with Gasteiger partial charge in [0.1, 0.15) is 5.82 Å². The van der Waals surface area contributed by atoms with Gasteiger partial charge in [-0.25, -0.2) is 9.78 Å². The lowest BCUT2D eigenvalue weighted by Gasteiger charge is -2.34. The fraction of sp³-hybridized carbons (Fsp3) is 0.462. The van der Waals surface area contributed by atoms with Gasteiger partial charge in [0.2, 0.25) is 0 Å². The van der Waals surface area contributed by atoms with E-state index in [4.69, 9.17) is 9.72 Å². The highest BCUT2D eigenvalue weighted by Crippen LogP contribution is 2.38. The molecular weight excluding hydrogens is 400 g/mol. The van der Waals surface area contributed by atoms with Crippen molar-refractivity contribution in [2.75, 3.05) is 18.6 Å². The fourth-order valence-electron chi connectivity index (χ4n) is 5.47. The zero-order chi connectivity index (χ0) is 22.2. The number of amides is 1. The minimum atomic E-state index is -0.297. The molecule has 32 heavy (non-hydrogen) atoms. The highest BCUT2D eigenvalue weighted by Gasteiger charge is 2.32. The van der Waals surface area contributed by atoms with Gasteiger partial charge in [-0.15, -0.1) is 0 Å². The maximum atomic E-state index is 12.5. The van der Waals surface area contributed by atoms with Gasteiger partial charge in [0.15, 0.2) is 0 Å². The Morgan fingerprint density at radius 3 is 2.72 bits per heavy atom. The first-order valence-electron chi connectivity index (χ1n) is 11.7. The second kappa shape index (κ2) is 8.58. The number of hydrogen-bond acceptors (Lipinski definition) is 4. The Morgan fingerprint density at radius 1 is 1.16 bits per heavy atom. The van der Waals surface area contributed by atoms with Gasteiger partial charge in [-0.2, -0.15) is 0 Å². The van der Waals surface area contributed by atoms with E-state index < -0.39 is 0 Å². The molecule has 3 aromatic rings. The van der Waals surface area contributed by atoms with E-state index >= 15 is 0 Å². The first kappa shape index (κ1) is 21.0. The highest BCUT2D eigenvalue weighted by atomic mass is 16.5. The van der Waals surface area contributed by atoms with Crippen LogP contribution < -0.4 is 10.2 Å². The molecule has 1 unspecified atom stereocenters. The van der Waals surface area contributed by atoms with Gasteiger partial charge in [-0.1, -0.05) is 30.3 Å². The summed E-state index contributed by atoms with van der Waals surface area (Å²) in [5.74, 6) is 1.11. The number of ether oxygens (including phenoxy) is 1. The summed E-state index contributed by atoms with van der Waals surface area (Å²) in [7, 11) is 1.45. The van der Waals surface area contributed by atoms with Crippen molar-refractivity contribution in [1.82, 2.24) is 14.9 Å². The first-order chi connectivity index (χ1) is 15.6. The second-order valence-corrected chi connectivity index (χ2v) is 9.25. The average molecular weight is 433 g/mol. The molecule has 2 aliphatic rings. The summed E-state index contributed by atoms with van der Waals surface area (Å²) in [4.78, 5) is 19.6. The molecule has 0 bridgehead atoms. The van der Waals surface area contributed by atoms with Crippen LogP contribution in [-0.2, 0) is 17.6 Å². The van der Waals surface area contributed by atoms with Crippen molar-refractivity contribution in [3.05, 3.63) is 59.4 Å². The zero-order valence-corrected chi connectivity index (χ0v) is 19.2. The van der Waals surface area contributed by atoms with Crippen molar-refractivity contribution < 1.29 is 9.53 Å². The largest absolute Gasteiger partial charge is 0.452 e. The van der Waals surface area contributed by atoms with Gasteiger partial charge in [0.25, 0.3) is 0 Å². The van der Waals surface area contributed by atoms with E-state index in [0.29, 0.717) is 12.1 Å². The lowest BCUT2D eigenvalue weighted by Crippen LogP contribution is -2.42. The Morgan fingerprint density at radius 2 is 1.97 bits per heavy atom. The Labute approximate surface area is 189 Å². The molecule has 0 aliphatic carbocycles. The van der Waals surface area contributed by atoms with Crippen LogP contribution in [0.3, 0.4) is 0 Å². The number of rotatable bonds is 3. The van der Waals surface area contributed by atoms with Crippen LogP contribution in [0.5, 0.6) is 0 Å². The lowest BCUT2D eigenvalue weighted by molar-refractivity contribution is 0.175. The van der Waals surface area contributed by atoms with Gasteiger partial charge >= 0.3 is 6.09 Å². The Bertz CT molecular complexity index is 1120. The van der Waals surface area contributed by atoms with E-state index in [0.717, 1.165) is 55.7 Å². The number of fused-ring (bicyclic) bond motifs is 3. The van der Waals surface area contributed by atoms with Crippen LogP contribution in [0.25, 0.3) is 11.0 Å².